The van der Waals surface area contributed by atoms with Crippen LogP contribution in [0.3, 0.4) is 0 Å². The highest BCUT2D eigenvalue weighted by atomic mass is 32.2. The van der Waals surface area contributed by atoms with Gasteiger partial charge in [0.05, 0.1) is 12.8 Å². The van der Waals surface area contributed by atoms with Crippen LogP contribution < -0.4 is 5.32 Å². The first-order valence-electron chi connectivity index (χ1n) is 6.17. The Bertz CT molecular complexity index is 672. The number of hydrogen-bond donors (Lipinski definition) is 1. The first kappa shape index (κ1) is 14.8. The largest absolute Gasteiger partial charge is 0.469 e. The van der Waals surface area contributed by atoms with Crippen molar-refractivity contribution in [2.24, 2.45) is 0 Å². The average molecular weight is 298 g/mol. The standard InChI is InChI=1S/C13H18N2O4S/c1-10-11(6-7-18-10)9-15(3)20(16,17)13-5-4-12(19-13)8-14-2/h4-7,14H,8-9H2,1-3H3. The van der Waals surface area contributed by atoms with Gasteiger partial charge in [0.25, 0.3) is 10.0 Å². The number of aryl methyl sites for hydroxylation is 1. The lowest BCUT2D eigenvalue weighted by molar-refractivity contribution is 0.381. The maximum atomic E-state index is 12.4. The summed E-state index contributed by atoms with van der Waals surface area (Å²) in [4.78, 5) is 0. The molecule has 2 heterocycles. The molecule has 7 heteroatoms. The zero-order valence-electron chi connectivity index (χ0n) is 11.7. The highest BCUT2D eigenvalue weighted by Crippen LogP contribution is 2.20. The van der Waals surface area contributed by atoms with E-state index in [1.807, 2.05) is 0 Å². The third kappa shape index (κ3) is 2.95. The molecule has 0 spiro atoms. The van der Waals surface area contributed by atoms with Crippen LogP contribution in [-0.2, 0) is 23.1 Å². The van der Waals surface area contributed by atoms with Gasteiger partial charge in [0.2, 0.25) is 5.09 Å². The number of nitrogens with zero attached hydrogens (tertiary/aromatic N) is 1. The molecule has 0 saturated carbocycles. The zero-order valence-corrected chi connectivity index (χ0v) is 12.5. The predicted octanol–water partition coefficient (Wildman–Crippen LogP) is 1.72. The van der Waals surface area contributed by atoms with Crippen molar-refractivity contribution in [3.05, 3.63) is 41.5 Å². The molecule has 2 rings (SSSR count). The van der Waals surface area contributed by atoms with E-state index in [9.17, 15) is 8.42 Å². The highest BCUT2D eigenvalue weighted by Gasteiger charge is 2.25. The Morgan fingerprint density at radius 2 is 2.05 bits per heavy atom. The summed E-state index contributed by atoms with van der Waals surface area (Å²) in [6.45, 7) is 2.53. The van der Waals surface area contributed by atoms with Crippen LogP contribution >= 0.6 is 0 Å². The van der Waals surface area contributed by atoms with Crippen molar-refractivity contribution in [2.45, 2.75) is 25.1 Å². The van der Waals surface area contributed by atoms with Crippen LogP contribution in [0.15, 0.2) is 38.4 Å². The van der Waals surface area contributed by atoms with Gasteiger partial charge in [-0.1, -0.05) is 0 Å². The predicted molar refractivity (Wildman–Crippen MR) is 73.6 cm³/mol. The van der Waals surface area contributed by atoms with Crippen LogP contribution in [0.25, 0.3) is 0 Å². The second-order valence-corrected chi connectivity index (χ2v) is 6.49. The van der Waals surface area contributed by atoms with Crippen LogP contribution in [-0.4, -0.2) is 26.8 Å². The lowest BCUT2D eigenvalue weighted by Crippen LogP contribution is -2.26. The minimum absolute atomic E-state index is 0.0496. The van der Waals surface area contributed by atoms with Gasteiger partial charge in [0, 0.05) is 19.2 Å². The summed E-state index contributed by atoms with van der Waals surface area (Å²) < 4.78 is 36.5. The summed E-state index contributed by atoms with van der Waals surface area (Å²) >= 11 is 0. The number of furan rings is 2. The molecule has 0 fully saturated rings. The molecular formula is C13H18N2O4S. The fourth-order valence-corrected chi connectivity index (χ4v) is 2.89. The molecule has 0 aliphatic rings. The van der Waals surface area contributed by atoms with E-state index >= 15 is 0 Å². The Morgan fingerprint density at radius 3 is 2.65 bits per heavy atom. The van der Waals surface area contributed by atoms with Crippen LogP contribution in [0.5, 0.6) is 0 Å². The monoisotopic (exact) mass is 298 g/mol. The molecule has 0 aliphatic carbocycles. The average Bonchev–Trinajstić information content (AvgIpc) is 3.00. The quantitative estimate of drug-likeness (QED) is 0.879. The van der Waals surface area contributed by atoms with Crippen molar-refractivity contribution in [2.75, 3.05) is 14.1 Å². The summed E-state index contributed by atoms with van der Waals surface area (Å²) in [5.41, 5.74) is 0.832. The van der Waals surface area contributed by atoms with Crippen LogP contribution in [0.1, 0.15) is 17.1 Å². The van der Waals surface area contributed by atoms with E-state index in [1.54, 1.807) is 32.4 Å². The van der Waals surface area contributed by atoms with E-state index in [0.29, 0.717) is 18.1 Å². The minimum atomic E-state index is -3.63. The molecule has 6 nitrogen and oxygen atoms in total. The summed E-state index contributed by atoms with van der Waals surface area (Å²) in [5.74, 6) is 1.29. The summed E-state index contributed by atoms with van der Waals surface area (Å²) in [5, 5.41) is 2.86. The molecule has 0 radical (unpaired) electrons. The lowest BCUT2D eigenvalue weighted by Gasteiger charge is -2.14. The van der Waals surface area contributed by atoms with Crippen LogP contribution in [0.2, 0.25) is 0 Å². The second-order valence-electron chi connectivity index (χ2n) is 4.51. The topological polar surface area (TPSA) is 75.7 Å². The Morgan fingerprint density at radius 1 is 1.30 bits per heavy atom. The van der Waals surface area contributed by atoms with E-state index < -0.39 is 10.0 Å². The molecule has 0 amide bonds. The maximum absolute atomic E-state index is 12.4. The highest BCUT2D eigenvalue weighted by molar-refractivity contribution is 7.88. The Labute approximate surface area is 118 Å². The SMILES string of the molecule is CNCc1ccc(S(=O)(=O)N(C)Cc2ccoc2C)o1. The molecule has 0 saturated heterocycles. The van der Waals surface area contributed by atoms with E-state index in [1.165, 1.54) is 17.4 Å². The van der Waals surface area contributed by atoms with Gasteiger partial charge in [0.1, 0.15) is 11.5 Å². The summed E-state index contributed by atoms with van der Waals surface area (Å²) in [7, 11) is -0.348. The van der Waals surface area contributed by atoms with E-state index in [4.69, 9.17) is 8.83 Å². The molecule has 110 valence electrons. The van der Waals surface area contributed by atoms with Crippen molar-refractivity contribution in [3.63, 3.8) is 0 Å². The molecule has 2 aromatic rings. The first-order valence-corrected chi connectivity index (χ1v) is 7.61. The molecule has 20 heavy (non-hydrogen) atoms. The van der Waals surface area contributed by atoms with Crippen LogP contribution in [0.4, 0.5) is 0 Å². The molecule has 2 aromatic heterocycles. The van der Waals surface area contributed by atoms with Gasteiger partial charge in [-0.15, -0.1) is 0 Å². The second kappa shape index (κ2) is 5.82. The Kier molecular flexibility index (Phi) is 4.32. The van der Waals surface area contributed by atoms with Crippen molar-refractivity contribution >= 4 is 10.0 Å². The van der Waals surface area contributed by atoms with Gasteiger partial charge < -0.3 is 14.2 Å². The van der Waals surface area contributed by atoms with Gasteiger partial charge in [-0.2, -0.15) is 4.31 Å². The molecular weight excluding hydrogens is 280 g/mol. The molecule has 0 aliphatic heterocycles. The van der Waals surface area contributed by atoms with Gasteiger partial charge in [-0.25, -0.2) is 8.42 Å². The zero-order chi connectivity index (χ0) is 14.8. The summed E-state index contributed by atoms with van der Waals surface area (Å²) in [6.07, 6.45) is 1.54. The van der Waals surface area contributed by atoms with Gasteiger partial charge in [-0.3, -0.25) is 0 Å². The van der Waals surface area contributed by atoms with Gasteiger partial charge in [0.15, 0.2) is 0 Å². The molecule has 0 bridgehead atoms. The van der Waals surface area contributed by atoms with Crippen molar-refractivity contribution in [1.82, 2.24) is 9.62 Å². The molecule has 1 N–H and O–H groups in total. The van der Waals surface area contributed by atoms with E-state index in [2.05, 4.69) is 5.32 Å². The van der Waals surface area contributed by atoms with Crippen molar-refractivity contribution < 1.29 is 17.3 Å². The van der Waals surface area contributed by atoms with Crippen LogP contribution in [0, 0.1) is 6.92 Å². The van der Waals surface area contributed by atoms with Crippen molar-refractivity contribution in [1.29, 1.82) is 0 Å². The molecule has 0 aromatic carbocycles. The van der Waals surface area contributed by atoms with Crippen molar-refractivity contribution in [3.8, 4) is 0 Å². The number of nitrogens with one attached hydrogen (secondary N) is 1. The molecule has 0 unspecified atom stereocenters. The number of rotatable bonds is 6. The van der Waals surface area contributed by atoms with E-state index in [-0.39, 0.29) is 11.6 Å². The van der Waals surface area contributed by atoms with E-state index in [0.717, 1.165) is 5.56 Å². The fraction of sp³-hybridized carbons (Fsp3) is 0.385. The van der Waals surface area contributed by atoms with Gasteiger partial charge >= 0.3 is 0 Å². The first-order chi connectivity index (χ1) is 9.45. The number of hydrogen-bond acceptors (Lipinski definition) is 5. The lowest BCUT2D eigenvalue weighted by atomic mass is 10.3. The smallest absolute Gasteiger partial charge is 0.276 e. The Balaban J connectivity index is 2.18. The maximum Gasteiger partial charge on any atom is 0.276 e. The summed E-state index contributed by atoms with van der Waals surface area (Å²) in [6, 6.07) is 4.89. The Hall–Kier alpha value is -1.57. The normalized spacial score (nSPS) is 12.2. The number of sulfonamides is 1. The van der Waals surface area contributed by atoms with Gasteiger partial charge in [-0.05, 0) is 32.2 Å². The minimum Gasteiger partial charge on any atom is -0.469 e. The molecule has 0 atom stereocenters. The third-order valence-corrected chi connectivity index (χ3v) is 4.69. The third-order valence-electron chi connectivity index (χ3n) is 3.01. The fourth-order valence-electron chi connectivity index (χ4n) is 1.82.